The molecule has 1 aliphatic heterocycles. The van der Waals surface area contributed by atoms with Crippen molar-refractivity contribution in [2.45, 2.75) is 20.3 Å². The highest BCUT2D eigenvalue weighted by Crippen LogP contribution is 2.33. The van der Waals surface area contributed by atoms with E-state index in [0.29, 0.717) is 12.1 Å². The summed E-state index contributed by atoms with van der Waals surface area (Å²) in [6, 6.07) is 5.29. The fourth-order valence-electron chi connectivity index (χ4n) is 3.52. The number of aromatic nitrogens is 3. The van der Waals surface area contributed by atoms with Crippen LogP contribution in [-0.2, 0) is 0 Å². The van der Waals surface area contributed by atoms with E-state index < -0.39 is 0 Å². The Labute approximate surface area is 152 Å². The maximum absolute atomic E-state index is 14.0. The number of nitrogens with zero attached hydrogens (tertiary/aromatic N) is 3. The second kappa shape index (κ2) is 6.41. The quantitative estimate of drug-likeness (QED) is 0.733. The molecule has 0 atom stereocenters. The number of nitrogens with one attached hydrogen (secondary N) is 1. The Morgan fingerprint density at radius 3 is 2.77 bits per heavy atom. The van der Waals surface area contributed by atoms with Gasteiger partial charge in [-0.3, -0.25) is 0 Å². The summed E-state index contributed by atoms with van der Waals surface area (Å²) in [5, 5.41) is 0.895. The van der Waals surface area contributed by atoms with Crippen molar-refractivity contribution in [3.63, 3.8) is 0 Å². The number of fused-ring (bicyclic) bond motifs is 1. The average Bonchev–Trinajstić information content (AvgIpc) is 3.13. The van der Waals surface area contributed by atoms with E-state index >= 15 is 0 Å². The molecule has 0 saturated carbocycles. The molecule has 5 heteroatoms. The van der Waals surface area contributed by atoms with Crippen LogP contribution in [0, 0.1) is 12.7 Å². The molecule has 2 aromatic heterocycles. The van der Waals surface area contributed by atoms with Crippen molar-refractivity contribution in [1.82, 2.24) is 15.0 Å². The molecule has 1 saturated heterocycles. The van der Waals surface area contributed by atoms with Crippen molar-refractivity contribution in [2.24, 2.45) is 0 Å². The number of piperidine rings is 1. The lowest BCUT2D eigenvalue weighted by Gasteiger charge is -2.31. The number of hydrogen-bond acceptors (Lipinski definition) is 3. The second-order valence-electron chi connectivity index (χ2n) is 6.80. The molecule has 0 unspecified atom stereocenters. The summed E-state index contributed by atoms with van der Waals surface area (Å²) in [7, 11) is 0. The molecule has 1 N–H and O–H groups in total. The zero-order valence-corrected chi connectivity index (χ0v) is 15.0. The zero-order valence-electron chi connectivity index (χ0n) is 15.0. The van der Waals surface area contributed by atoms with Crippen LogP contribution >= 0.6 is 0 Å². The molecule has 4 rings (SSSR count). The Morgan fingerprint density at radius 1 is 1.23 bits per heavy atom. The number of H-pyrrole nitrogens is 1. The number of hydrogen-bond donors (Lipinski definition) is 1. The fourth-order valence-corrected chi connectivity index (χ4v) is 3.52. The van der Waals surface area contributed by atoms with E-state index in [1.54, 1.807) is 6.20 Å². The number of allylic oxidation sites excluding steroid dienone is 1. The predicted molar refractivity (Wildman–Crippen MR) is 104 cm³/mol. The van der Waals surface area contributed by atoms with Gasteiger partial charge in [0.2, 0.25) is 5.95 Å². The van der Waals surface area contributed by atoms with Gasteiger partial charge in [0, 0.05) is 37.1 Å². The van der Waals surface area contributed by atoms with Crippen LogP contribution in [0.1, 0.15) is 24.5 Å². The third-order valence-electron chi connectivity index (χ3n) is 5.04. The number of benzene rings is 1. The third-order valence-corrected chi connectivity index (χ3v) is 5.04. The Morgan fingerprint density at radius 2 is 2.00 bits per heavy atom. The molecular weight excluding hydrogens is 327 g/mol. The first-order valence-corrected chi connectivity index (χ1v) is 8.72. The van der Waals surface area contributed by atoms with Crippen molar-refractivity contribution in [1.29, 1.82) is 0 Å². The van der Waals surface area contributed by atoms with E-state index in [0.717, 1.165) is 46.6 Å². The number of anilines is 1. The lowest BCUT2D eigenvalue weighted by molar-refractivity contribution is 0.637. The summed E-state index contributed by atoms with van der Waals surface area (Å²) in [6.07, 6.45) is 6.31. The number of aryl methyl sites for hydroxylation is 1. The first-order valence-electron chi connectivity index (χ1n) is 8.72. The van der Waals surface area contributed by atoms with E-state index in [9.17, 15) is 4.39 Å². The van der Waals surface area contributed by atoms with Crippen molar-refractivity contribution >= 4 is 22.4 Å². The van der Waals surface area contributed by atoms with E-state index in [2.05, 4.69) is 33.4 Å². The maximum Gasteiger partial charge on any atom is 0.225 e. The summed E-state index contributed by atoms with van der Waals surface area (Å²) in [5.74, 6) is 0.503. The van der Waals surface area contributed by atoms with Crippen LogP contribution in [0.2, 0.25) is 0 Å². The molecular formula is C21H21FN4. The fraction of sp³-hybridized carbons (Fsp3) is 0.238. The molecule has 3 aromatic rings. The van der Waals surface area contributed by atoms with Gasteiger partial charge in [-0.2, -0.15) is 0 Å². The Bertz CT molecular complexity index is 1010. The van der Waals surface area contributed by atoms with Crippen LogP contribution in [0.3, 0.4) is 0 Å². The van der Waals surface area contributed by atoms with Gasteiger partial charge in [-0.1, -0.05) is 12.6 Å². The minimum atomic E-state index is -0.233. The van der Waals surface area contributed by atoms with Crippen molar-refractivity contribution in [2.75, 3.05) is 18.0 Å². The number of halogens is 1. The molecule has 1 aliphatic rings. The highest BCUT2D eigenvalue weighted by molar-refractivity contribution is 5.93. The Balaban J connectivity index is 1.75. The third kappa shape index (κ3) is 2.79. The van der Waals surface area contributed by atoms with Crippen LogP contribution in [0.25, 0.3) is 16.5 Å². The molecule has 0 aliphatic carbocycles. The lowest BCUT2D eigenvalue weighted by Crippen LogP contribution is -2.33. The van der Waals surface area contributed by atoms with E-state index in [4.69, 9.17) is 0 Å². The molecule has 0 spiro atoms. The van der Waals surface area contributed by atoms with Crippen LogP contribution in [-0.4, -0.2) is 28.0 Å². The summed E-state index contributed by atoms with van der Waals surface area (Å²) in [4.78, 5) is 14.1. The van der Waals surface area contributed by atoms with E-state index in [1.807, 2.05) is 31.5 Å². The van der Waals surface area contributed by atoms with Crippen LogP contribution in [0.15, 0.2) is 54.5 Å². The molecule has 0 radical (unpaired) electrons. The van der Waals surface area contributed by atoms with Gasteiger partial charge in [0.1, 0.15) is 5.82 Å². The van der Waals surface area contributed by atoms with Gasteiger partial charge in [0.15, 0.2) is 0 Å². The number of rotatable bonds is 2. The van der Waals surface area contributed by atoms with Crippen molar-refractivity contribution < 1.29 is 4.39 Å². The first-order chi connectivity index (χ1) is 12.5. The average molecular weight is 348 g/mol. The zero-order chi connectivity index (χ0) is 18.3. The van der Waals surface area contributed by atoms with Crippen molar-refractivity contribution in [3.8, 4) is 0 Å². The van der Waals surface area contributed by atoms with Gasteiger partial charge in [-0.25, -0.2) is 14.4 Å². The molecule has 0 bridgehead atoms. The number of aromatic amines is 1. The largest absolute Gasteiger partial charge is 0.359 e. The van der Waals surface area contributed by atoms with Crippen molar-refractivity contribution in [3.05, 3.63) is 71.5 Å². The van der Waals surface area contributed by atoms with Crippen LogP contribution in [0.5, 0.6) is 0 Å². The minimum Gasteiger partial charge on any atom is -0.359 e. The van der Waals surface area contributed by atoms with Gasteiger partial charge < -0.3 is 9.88 Å². The van der Waals surface area contributed by atoms with Gasteiger partial charge in [-0.15, -0.1) is 0 Å². The van der Waals surface area contributed by atoms with Gasteiger partial charge in [0.05, 0.1) is 5.52 Å². The summed E-state index contributed by atoms with van der Waals surface area (Å²) in [6.45, 7) is 9.88. The van der Waals surface area contributed by atoms with Gasteiger partial charge in [0.25, 0.3) is 0 Å². The highest BCUT2D eigenvalue weighted by Gasteiger charge is 2.22. The standard InChI is InChI=1S/C21H21FN4/c1-13-10-24-21(25-11-13)26-9-7-14(2)18(12-26)15(3)16-4-5-19(22)20-17(16)6-8-23-20/h4-6,8,10-11,23H,2,7,9,12H2,1,3H3/b18-15+. The predicted octanol–water partition coefficient (Wildman–Crippen LogP) is 4.65. The normalized spacial score (nSPS) is 17.0. The second-order valence-corrected chi connectivity index (χ2v) is 6.80. The molecule has 26 heavy (non-hydrogen) atoms. The van der Waals surface area contributed by atoms with Crippen LogP contribution in [0.4, 0.5) is 10.3 Å². The minimum absolute atomic E-state index is 0.233. The molecule has 1 aromatic carbocycles. The summed E-state index contributed by atoms with van der Waals surface area (Å²) < 4.78 is 14.0. The van der Waals surface area contributed by atoms with E-state index in [-0.39, 0.29) is 5.82 Å². The Kier molecular flexibility index (Phi) is 4.07. The smallest absolute Gasteiger partial charge is 0.225 e. The molecule has 4 nitrogen and oxygen atoms in total. The highest BCUT2D eigenvalue weighted by atomic mass is 19.1. The molecule has 132 valence electrons. The topological polar surface area (TPSA) is 44.8 Å². The van der Waals surface area contributed by atoms with Crippen LogP contribution < -0.4 is 4.90 Å². The lowest BCUT2D eigenvalue weighted by atomic mass is 9.90. The van der Waals surface area contributed by atoms with E-state index in [1.165, 1.54) is 11.6 Å². The maximum atomic E-state index is 14.0. The summed E-state index contributed by atoms with van der Waals surface area (Å²) in [5.41, 5.74) is 6.04. The van der Waals surface area contributed by atoms with Gasteiger partial charge >= 0.3 is 0 Å². The summed E-state index contributed by atoms with van der Waals surface area (Å²) >= 11 is 0. The first kappa shape index (κ1) is 16.5. The van der Waals surface area contributed by atoms with Gasteiger partial charge in [-0.05, 0) is 60.2 Å². The monoisotopic (exact) mass is 348 g/mol. The molecule has 1 fully saturated rings. The molecule has 3 heterocycles. The molecule has 0 amide bonds. The Hall–Kier alpha value is -2.95. The SMILES string of the molecule is C=C1CCN(c2ncc(C)cn2)C/C1=C(/C)c1ccc(F)c2[nH]ccc12.